The summed E-state index contributed by atoms with van der Waals surface area (Å²) in [5.74, 6) is 2.11. The van der Waals surface area contributed by atoms with Gasteiger partial charge in [-0.15, -0.1) is 0 Å². The lowest BCUT2D eigenvalue weighted by atomic mass is 10.1. The Morgan fingerprint density at radius 1 is 1.64 bits per heavy atom. The van der Waals surface area contributed by atoms with E-state index in [1.54, 1.807) is 0 Å². The molecule has 3 unspecified atom stereocenters. The average Bonchev–Trinajstić information content (AvgIpc) is 2.77. The highest BCUT2D eigenvalue weighted by Crippen LogP contribution is 2.38. The Labute approximate surface area is 87.2 Å². The smallest absolute Gasteiger partial charge is 0.0921 e. The Morgan fingerprint density at radius 3 is 2.57 bits per heavy atom. The summed E-state index contributed by atoms with van der Waals surface area (Å²) in [7, 11) is 2.15. The van der Waals surface area contributed by atoms with Gasteiger partial charge in [-0.3, -0.25) is 5.41 Å². The number of nitrogens with zero attached hydrogens (tertiary/aromatic N) is 1. The van der Waals surface area contributed by atoms with Gasteiger partial charge in [0.15, 0.2) is 0 Å². The van der Waals surface area contributed by atoms with E-state index in [-0.39, 0.29) is 0 Å². The molecule has 82 valence electrons. The summed E-state index contributed by atoms with van der Waals surface area (Å²) in [5.41, 5.74) is 5.44. The quantitative estimate of drug-likeness (QED) is 0.503. The molecule has 1 aliphatic carbocycles. The van der Waals surface area contributed by atoms with Crippen LogP contribution in [0, 0.1) is 17.2 Å². The summed E-state index contributed by atoms with van der Waals surface area (Å²) in [6, 6.07) is 0.459. The van der Waals surface area contributed by atoms with Crippen LogP contribution in [0.2, 0.25) is 0 Å². The standard InChI is InChI=1S/C11H23N3/c1-4-10(6-11(12)13)14(3)7-9-5-8(9)2/h8-10H,4-7H2,1-3H3,(H3,12,13). The predicted molar refractivity (Wildman–Crippen MR) is 60.5 cm³/mol. The number of nitrogens with two attached hydrogens (primary N) is 1. The first-order valence-corrected chi connectivity index (χ1v) is 5.57. The van der Waals surface area contributed by atoms with Gasteiger partial charge in [-0.2, -0.15) is 0 Å². The van der Waals surface area contributed by atoms with Crippen molar-refractivity contribution in [2.75, 3.05) is 13.6 Å². The zero-order valence-electron chi connectivity index (χ0n) is 9.59. The topological polar surface area (TPSA) is 53.1 Å². The molecule has 0 aliphatic heterocycles. The Hall–Kier alpha value is -0.570. The molecule has 0 bridgehead atoms. The minimum absolute atomic E-state index is 0.313. The highest BCUT2D eigenvalue weighted by Gasteiger charge is 2.34. The number of hydrogen-bond donors (Lipinski definition) is 2. The number of amidine groups is 1. The van der Waals surface area contributed by atoms with E-state index in [2.05, 4.69) is 25.8 Å². The second-order valence-electron chi connectivity index (χ2n) is 4.70. The van der Waals surface area contributed by atoms with E-state index in [0.29, 0.717) is 18.3 Å². The van der Waals surface area contributed by atoms with Gasteiger partial charge in [-0.1, -0.05) is 13.8 Å². The second-order valence-corrected chi connectivity index (χ2v) is 4.70. The summed E-state index contributed by atoms with van der Waals surface area (Å²) in [6.45, 7) is 5.65. The highest BCUT2D eigenvalue weighted by atomic mass is 15.1. The van der Waals surface area contributed by atoms with E-state index in [1.807, 2.05) is 0 Å². The maximum atomic E-state index is 7.31. The van der Waals surface area contributed by atoms with Gasteiger partial charge in [0.1, 0.15) is 0 Å². The molecule has 0 aromatic carbocycles. The van der Waals surface area contributed by atoms with E-state index in [4.69, 9.17) is 11.1 Å². The van der Waals surface area contributed by atoms with Crippen molar-refractivity contribution < 1.29 is 0 Å². The van der Waals surface area contributed by atoms with Gasteiger partial charge in [0.25, 0.3) is 0 Å². The SMILES string of the molecule is CCC(CC(=N)N)N(C)CC1CC1C. The molecule has 0 aromatic rings. The molecule has 0 aromatic heterocycles. The first-order chi connectivity index (χ1) is 6.54. The molecule has 3 nitrogen and oxygen atoms in total. The van der Waals surface area contributed by atoms with Gasteiger partial charge in [0.05, 0.1) is 5.84 Å². The number of nitrogens with one attached hydrogen (secondary N) is 1. The first-order valence-electron chi connectivity index (χ1n) is 5.57. The van der Waals surface area contributed by atoms with Crippen LogP contribution in [0.5, 0.6) is 0 Å². The van der Waals surface area contributed by atoms with Gasteiger partial charge in [-0.05, 0) is 31.7 Å². The van der Waals surface area contributed by atoms with Crippen LogP contribution >= 0.6 is 0 Å². The van der Waals surface area contributed by atoms with Crippen molar-refractivity contribution in [3.05, 3.63) is 0 Å². The van der Waals surface area contributed by atoms with Gasteiger partial charge in [0.2, 0.25) is 0 Å². The summed E-state index contributed by atoms with van der Waals surface area (Å²) >= 11 is 0. The molecule has 1 rings (SSSR count). The third-order valence-electron chi connectivity index (χ3n) is 3.35. The summed E-state index contributed by atoms with van der Waals surface area (Å²) in [6.07, 6.45) is 3.17. The van der Waals surface area contributed by atoms with Gasteiger partial charge >= 0.3 is 0 Å². The van der Waals surface area contributed by atoms with Gasteiger partial charge in [0, 0.05) is 19.0 Å². The molecule has 1 aliphatic rings. The predicted octanol–water partition coefficient (Wildman–Crippen LogP) is 1.68. The molecule has 14 heavy (non-hydrogen) atoms. The van der Waals surface area contributed by atoms with E-state index >= 15 is 0 Å². The maximum Gasteiger partial charge on any atom is 0.0921 e. The molecular weight excluding hydrogens is 174 g/mol. The zero-order chi connectivity index (χ0) is 10.7. The van der Waals surface area contributed by atoms with E-state index in [0.717, 1.165) is 18.3 Å². The van der Waals surface area contributed by atoms with Crippen molar-refractivity contribution in [3.63, 3.8) is 0 Å². The van der Waals surface area contributed by atoms with E-state index in [1.165, 1.54) is 13.0 Å². The van der Waals surface area contributed by atoms with Crippen LogP contribution in [0.3, 0.4) is 0 Å². The third-order valence-corrected chi connectivity index (χ3v) is 3.35. The fourth-order valence-corrected chi connectivity index (χ4v) is 2.04. The van der Waals surface area contributed by atoms with Crippen LogP contribution in [0.25, 0.3) is 0 Å². The lowest BCUT2D eigenvalue weighted by Gasteiger charge is -2.26. The van der Waals surface area contributed by atoms with Crippen LogP contribution in [-0.4, -0.2) is 30.4 Å². The highest BCUT2D eigenvalue weighted by molar-refractivity contribution is 5.77. The lowest BCUT2D eigenvalue weighted by Crippen LogP contribution is -2.36. The van der Waals surface area contributed by atoms with Crippen LogP contribution in [0.15, 0.2) is 0 Å². The Kier molecular flexibility index (Phi) is 3.93. The second kappa shape index (κ2) is 4.78. The summed E-state index contributed by atoms with van der Waals surface area (Å²) in [5, 5.41) is 7.31. The minimum Gasteiger partial charge on any atom is -0.388 e. The molecule has 0 saturated heterocycles. The van der Waals surface area contributed by atoms with Crippen LogP contribution in [0.4, 0.5) is 0 Å². The summed E-state index contributed by atoms with van der Waals surface area (Å²) in [4.78, 5) is 2.37. The molecule has 0 spiro atoms. The molecule has 1 saturated carbocycles. The van der Waals surface area contributed by atoms with E-state index < -0.39 is 0 Å². The third kappa shape index (κ3) is 3.29. The molecule has 3 N–H and O–H groups in total. The molecule has 3 heteroatoms. The van der Waals surface area contributed by atoms with Crippen molar-refractivity contribution in [1.82, 2.24) is 4.90 Å². The largest absolute Gasteiger partial charge is 0.388 e. The van der Waals surface area contributed by atoms with Crippen molar-refractivity contribution in [3.8, 4) is 0 Å². The van der Waals surface area contributed by atoms with Gasteiger partial charge < -0.3 is 10.6 Å². The molecular formula is C11H23N3. The van der Waals surface area contributed by atoms with Crippen molar-refractivity contribution >= 4 is 5.84 Å². The Morgan fingerprint density at radius 2 is 2.21 bits per heavy atom. The minimum atomic E-state index is 0.313. The van der Waals surface area contributed by atoms with Crippen molar-refractivity contribution in [2.45, 2.75) is 39.2 Å². The molecule has 0 heterocycles. The number of hydrogen-bond acceptors (Lipinski definition) is 2. The molecule has 0 amide bonds. The number of rotatable bonds is 6. The average molecular weight is 197 g/mol. The first kappa shape index (κ1) is 11.5. The Bertz CT molecular complexity index is 203. The van der Waals surface area contributed by atoms with Crippen LogP contribution in [-0.2, 0) is 0 Å². The Balaban J connectivity index is 2.31. The van der Waals surface area contributed by atoms with Crippen molar-refractivity contribution in [1.29, 1.82) is 5.41 Å². The van der Waals surface area contributed by atoms with Gasteiger partial charge in [-0.25, -0.2) is 0 Å². The monoisotopic (exact) mass is 197 g/mol. The van der Waals surface area contributed by atoms with Crippen molar-refractivity contribution in [2.24, 2.45) is 17.6 Å². The maximum absolute atomic E-state index is 7.31. The normalized spacial score (nSPS) is 27.7. The van der Waals surface area contributed by atoms with Crippen LogP contribution < -0.4 is 5.73 Å². The molecule has 0 radical (unpaired) electrons. The lowest BCUT2D eigenvalue weighted by molar-refractivity contribution is 0.228. The summed E-state index contributed by atoms with van der Waals surface area (Å²) < 4.78 is 0. The molecule has 1 fully saturated rings. The zero-order valence-corrected chi connectivity index (χ0v) is 9.59. The van der Waals surface area contributed by atoms with Crippen LogP contribution in [0.1, 0.15) is 33.1 Å². The molecule has 3 atom stereocenters. The fraction of sp³-hybridized carbons (Fsp3) is 0.909. The van der Waals surface area contributed by atoms with E-state index in [9.17, 15) is 0 Å². The fourth-order valence-electron chi connectivity index (χ4n) is 2.04.